The van der Waals surface area contributed by atoms with Gasteiger partial charge < -0.3 is 5.73 Å². The minimum Gasteiger partial charge on any atom is -0.399 e. The van der Waals surface area contributed by atoms with Crippen molar-refractivity contribution in [1.82, 2.24) is 9.78 Å². The molecule has 0 saturated carbocycles. The first-order chi connectivity index (χ1) is 9.89. The summed E-state index contributed by atoms with van der Waals surface area (Å²) < 4.78 is 26.7. The van der Waals surface area contributed by atoms with Crippen molar-refractivity contribution in [2.45, 2.75) is 37.5 Å². The third-order valence-corrected chi connectivity index (χ3v) is 5.30. The second-order valence-electron chi connectivity index (χ2n) is 4.71. The highest BCUT2D eigenvalue weighted by Crippen LogP contribution is 2.26. The van der Waals surface area contributed by atoms with Crippen molar-refractivity contribution in [3.8, 4) is 0 Å². The zero-order chi connectivity index (χ0) is 15.6. The van der Waals surface area contributed by atoms with Crippen LogP contribution in [-0.4, -0.2) is 18.2 Å². The lowest BCUT2D eigenvalue weighted by Crippen LogP contribution is -2.11. The Bertz CT molecular complexity index is 754. The number of nitrogen functional groups attached to an aromatic ring is 1. The smallest absolute Gasteiger partial charge is 0.184 e. The van der Waals surface area contributed by atoms with Crippen LogP contribution in [0.25, 0.3) is 0 Å². The summed E-state index contributed by atoms with van der Waals surface area (Å²) in [6.07, 6.45) is 0.664. The van der Waals surface area contributed by atoms with Gasteiger partial charge in [0, 0.05) is 12.2 Å². The molecule has 0 aliphatic heterocycles. The zero-order valence-corrected chi connectivity index (χ0v) is 13.6. The molecule has 114 valence electrons. The number of nitrogens with zero attached hydrogens (tertiary/aromatic N) is 2. The number of rotatable bonds is 5. The van der Waals surface area contributed by atoms with Gasteiger partial charge >= 0.3 is 0 Å². The van der Waals surface area contributed by atoms with Gasteiger partial charge in [0.25, 0.3) is 0 Å². The molecule has 1 aromatic carbocycles. The predicted molar refractivity (Wildman–Crippen MR) is 84.0 cm³/mol. The van der Waals surface area contributed by atoms with Crippen LogP contribution in [0, 0.1) is 0 Å². The van der Waals surface area contributed by atoms with Crippen LogP contribution in [0.4, 0.5) is 5.69 Å². The maximum absolute atomic E-state index is 12.5. The van der Waals surface area contributed by atoms with Crippen molar-refractivity contribution < 1.29 is 8.42 Å². The molecule has 2 aromatic rings. The number of hydrogen-bond donors (Lipinski definition) is 1. The molecule has 5 nitrogen and oxygen atoms in total. The van der Waals surface area contributed by atoms with Gasteiger partial charge in [0.05, 0.1) is 27.1 Å². The van der Waals surface area contributed by atoms with Gasteiger partial charge in [-0.25, -0.2) is 8.42 Å². The van der Waals surface area contributed by atoms with E-state index in [4.69, 9.17) is 17.3 Å². The van der Waals surface area contributed by atoms with Crippen molar-refractivity contribution in [2.75, 3.05) is 5.73 Å². The van der Waals surface area contributed by atoms with Crippen molar-refractivity contribution in [2.24, 2.45) is 0 Å². The summed E-state index contributed by atoms with van der Waals surface area (Å²) in [6.45, 7) is 4.41. The topological polar surface area (TPSA) is 78.0 Å². The molecule has 0 atom stereocenters. The summed E-state index contributed by atoms with van der Waals surface area (Å²) in [5, 5.41) is 4.77. The summed E-state index contributed by atoms with van der Waals surface area (Å²) in [5.74, 6) is -0.184. The van der Waals surface area contributed by atoms with Gasteiger partial charge in [-0.2, -0.15) is 5.10 Å². The molecule has 1 heterocycles. The summed E-state index contributed by atoms with van der Waals surface area (Å²) >= 11 is 6.26. The average Bonchev–Trinajstić information content (AvgIpc) is 2.75. The van der Waals surface area contributed by atoms with E-state index in [1.807, 2.05) is 13.8 Å². The Morgan fingerprint density at radius 3 is 2.62 bits per heavy atom. The van der Waals surface area contributed by atoms with Crippen LogP contribution in [0.3, 0.4) is 0 Å². The van der Waals surface area contributed by atoms with Gasteiger partial charge in [-0.15, -0.1) is 0 Å². The van der Waals surface area contributed by atoms with Gasteiger partial charge in [0.15, 0.2) is 9.84 Å². The summed E-state index contributed by atoms with van der Waals surface area (Å²) in [4.78, 5) is 0.195. The van der Waals surface area contributed by atoms with E-state index in [0.717, 1.165) is 5.69 Å². The number of hydrogen-bond acceptors (Lipinski definition) is 4. The Balaban J connectivity index is 2.44. The van der Waals surface area contributed by atoms with Crippen LogP contribution in [0.1, 0.15) is 25.2 Å². The number of halogens is 1. The molecule has 21 heavy (non-hydrogen) atoms. The van der Waals surface area contributed by atoms with Crippen molar-refractivity contribution in [1.29, 1.82) is 0 Å². The van der Waals surface area contributed by atoms with Gasteiger partial charge in [-0.1, -0.05) is 24.6 Å². The predicted octanol–water partition coefficient (Wildman–Crippen LogP) is 2.67. The van der Waals surface area contributed by atoms with Crippen LogP contribution < -0.4 is 5.73 Å². The molecule has 7 heteroatoms. The Labute approximate surface area is 129 Å². The Hall–Kier alpha value is -1.53. The van der Waals surface area contributed by atoms with Crippen LogP contribution >= 0.6 is 11.6 Å². The second kappa shape index (κ2) is 6.07. The molecule has 0 spiro atoms. The Morgan fingerprint density at radius 1 is 1.33 bits per heavy atom. The molecular formula is C14H18ClN3O2S. The van der Waals surface area contributed by atoms with Crippen molar-refractivity contribution in [3.63, 3.8) is 0 Å². The summed E-state index contributed by atoms with van der Waals surface area (Å²) in [5.41, 5.74) is 7.31. The molecule has 1 aromatic heterocycles. The monoisotopic (exact) mass is 327 g/mol. The van der Waals surface area contributed by atoms with E-state index in [0.29, 0.717) is 29.4 Å². The third-order valence-electron chi connectivity index (χ3n) is 3.24. The van der Waals surface area contributed by atoms with E-state index in [-0.39, 0.29) is 10.6 Å². The number of benzene rings is 1. The lowest BCUT2D eigenvalue weighted by Gasteiger charge is -2.07. The highest BCUT2D eigenvalue weighted by Gasteiger charge is 2.22. The Kier molecular flexibility index (Phi) is 4.58. The fraction of sp³-hybridized carbons (Fsp3) is 0.357. The lowest BCUT2D eigenvalue weighted by molar-refractivity contribution is 0.585. The number of nitrogens with two attached hydrogens (primary N) is 1. The van der Waals surface area contributed by atoms with E-state index in [2.05, 4.69) is 5.10 Å². The molecule has 0 radical (unpaired) electrons. The molecule has 0 bridgehead atoms. The van der Waals surface area contributed by atoms with Gasteiger partial charge in [0.1, 0.15) is 0 Å². The van der Waals surface area contributed by atoms with Gasteiger partial charge in [0.2, 0.25) is 0 Å². The normalized spacial score (nSPS) is 11.8. The molecule has 0 aliphatic carbocycles. The highest BCUT2D eigenvalue weighted by atomic mass is 35.5. The third kappa shape index (κ3) is 3.22. The molecule has 0 saturated heterocycles. The first-order valence-corrected chi connectivity index (χ1v) is 8.74. The number of anilines is 1. The van der Waals surface area contributed by atoms with Crippen LogP contribution in [0.15, 0.2) is 29.2 Å². The first kappa shape index (κ1) is 15.9. The molecule has 0 unspecified atom stereocenters. The molecule has 2 N–H and O–H groups in total. The van der Waals surface area contributed by atoms with Gasteiger partial charge in [-0.3, -0.25) is 4.68 Å². The quantitative estimate of drug-likeness (QED) is 0.856. The fourth-order valence-corrected chi connectivity index (χ4v) is 3.96. The minimum atomic E-state index is -3.51. The first-order valence-electron chi connectivity index (χ1n) is 6.71. The number of sulfone groups is 1. The fourth-order valence-electron chi connectivity index (χ4n) is 2.13. The zero-order valence-electron chi connectivity index (χ0n) is 12.0. The molecule has 2 rings (SSSR count). The average molecular weight is 328 g/mol. The number of aryl methyl sites for hydroxylation is 2. The van der Waals surface area contributed by atoms with E-state index >= 15 is 0 Å². The summed E-state index contributed by atoms with van der Waals surface area (Å²) in [7, 11) is -3.51. The van der Waals surface area contributed by atoms with E-state index < -0.39 is 9.84 Å². The second-order valence-corrected chi connectivity index (χ2v) is 7.08. The lowest BCUT2D eigenvalue weighted by atomic mass is 10.3. The van der Waals surface area contributed by atoms with E-state index in [1.54, 1.807) is 16.8 Å². The highest BCUT2D eigenvalue weighted by molar-refractivity contribution is 7.90. The SMILES string of the molecule is CCc1nn(CC)c(CS(=O)(=O)c2cccc(N)c2)c1Cl. The van der Waals surface area contributed by atoms with Crippen LogP contribution in [0.5, 0.6) is 0 Å². The van der Waals surface area contributed by atoms with E-state index in [1.165, 1.54) is 12.1 Å². The molecule has 0 aliphatic rings. The Morgan fingerprint density at radius 2 is 2.05 bits per heavy atom. The minimum absolute atomic E-state index is 0.184. The number of aromatic nitrogens is 2. The maximum atomic E-state index is 12.5. The molecule has 0 amide bonds. The molecular weight excluding hydrogens is 310 g/mol. The van der Waals surface area contributed by atoms with Crippen molar-refractivity contribution in [3.05, 3.63) is 40.7 Å². The summed E-state index contributed by atoms with van der Waals surface area (Å²) in [6, 6.07) is 6.26. The van der Waals surface area contributed by atoms with Gasteiger partial charge in [-0.05, 0) is 31.5 Å². The molecule has 0 fully saturated rings. The maximum Gasteiger partial charge on any atom is 0.184 e. The van der Waals surface area contributed by atoms with Crippen LogP contribution in [0.2, 0.25) is 5.02 Å². The van der Waals surface area contributed by atoms with E-state index in [9.17, 15) is 8.42 Å². The standard InChI is InChI=1S/C14H18ClN3O2S/c1-3-12-14(15)13(18(4-2)17-12)9-21(19,20)11-7-5-6-10(16)8-11/h5-8H,3-4,9,16H2,1-2H3. The largest absolute Gasteiger partial charge is 0.399 e. The van der Waals surface area contributed by atoms with Crippen molar-refractivity contribution >= 4 is 27.1 Å². The van der Waals surface area contributed by atoms with Crippen LogP contribution in [-0.2, 0) is 28.6 Å².